The van der Waals surface area contributed by atoms with Gasteiger partial charge in [0.1, 0.15) is 0 Å². The standard InChI is InChI=1S/C13H22N2S/c1-10(2)16-12-6-4-11(5-7-12)13(14)8-9-15-3/h4-7,10,13,15H,8-9,14H2,1-3H3. The largest absolute Gasteiger partial charge is 0.324 e. The van der Waals surface area contributed by atoms with Gasteiger partial charge < -0.3 is 11.1 Å². The van der Waals surface area contributed by atoms with Crippen LogP contribution in [0.15, 0.2) is 29.2 Å². The number of hydrogen-bond acceptors (Lipinski definition) is 3. The van der Waals surface area contributed by atoms with Gasteiger partial charge >= 0.3 is 0 Å². The van der Waals surface area contributed by atoms with Crippen molar-refractivity contribution in [2.75, 3.05) is 13.6 Å². The van der Waals surface area contributed by atoms with Gasteiger partial charge in [-0.2, -0.15) is 0 Å². The smallest absolute Gasteiger partial charge is 0.0307 e. The van der Waals surface area contributed by atoms with Gasteiger partial charge in [0, 0.05) is 16.2 Å². The van der Waals surface area contributed by atoms with Crippen LogP contribution in [0.4, 0.5) is 0 Å². The monoisotopic (exact) mass is 238 g/mol. The van der Waals surface area contributed by atoms with Gasteiger partial charge in [0.05, 0.1) is 0 Å². The molecule has 0 fully saturated rings. The number of hydrogen-bond donors (Lipinski definition) is 2. The maximum atomic E-state index is 6.09. The summed E-state index contributed by atoms with van der Waals surface area (Å²) in [6.07, 6.45) is 0.979. The van der Waals surface area contributed by atoms with Crippen LogP contribution in [0, 0.1) is 0 Å². The molecule has 0 aliphatic heterocycles. The van der Waals surface area contributed by atoms with E-state index < -0.39 is 0 Å². The highest BCUT2D eigenvalue weighted by Crippen LogP contribution is 2.24. The summed E-state index contributed by atoms with van der Waals surface area (Å²) in [5.74, 6) is 0. The van der Waals surface area contributed by atoms with Crippen molar-refractivity contribution in [3.8, 4) is 0 Å². The molecule has 1 aromatic carbocycles. The Hall–Kier alpha value is -0.510. The van der Waals surface area contributed by atoms with E-state index in [-0.39, 0.29) is 6.04 Å². The lowest BCUT2D eigenvalue weighted by Crippen LogP contribution is -2.17. The molecule has 0 aliphatic rings. The molecule has 16 heavy (non-hydrogen) atoms. The Bertz CT molecular complexity index is 295. The highest BCUT2D eigenvalue weighted by Gasteiger charge is 2.05. The number of benzene rings is 1. The highest BCUT2D eigenvalue weighted by atomic mass is 32.2. The number of nitrogens with two attached hydrogens (primary N) is 1. The summed E-state index contributed by atoms with van der Waals surface area (Å²) in [6, 6.07) is 8.76. The number of rotatable bonds is 6. The van der Waals surface area contributed by atoms with Gasteiger partial charge in [0.25, 0.3) is 0 Å². The molecule has 0 aliphatic carbocycles. The van der Waals surface area contributed by atoms with E-state index in [4.69, 9.17) is 5.73 Å². The summed E-state index contributed by atoms with van der Waals surface area (Å²) in [7, 11) is 1.95. The molecular weight excluding hydrogens is 216 g/mol. The summed E-state index contributed by atoms with van der Waals surface area (Å²) < 4.78 is 0. The van der Waals surface area contributed by atoms with Crippen LogP contribution in [0.2, 0.25) is 0 Å². The average Bonchev–Trinajstić information content (AvgIpc) is 2.26. The van der Waals surface area contributed by atoms with E-state index in [0.29, 0.717) is 5.25 Å². The second-order valence-corrected chi connectivity index (χ2v) is 5.88. The van der Waals surface area contributed by atoms with Gasteiger partial charge in [0.15, 0.2) is 0 Å². The average molecular weight is 238 g/mol. The topological polar surface area (TPSA) is 38.0 Å². The third kappa shape index (κ3) is 4.56. The predicted octanol–water partition coefficient (Wildman–Crippen LogP) is 2.80. The molecule has 0 bridgehead atoms. The van der Waals surface area contributed by atoms with E-state index >= 15 is 0 Å². The molecule has 3 heteroatoms. The minimum Gasteiger partial charge on any atom is -0.324 e. The molecule has 1 rings (SSSR count). The van der Waals surface area contributed by atoms with E-state index in [9.17, 15) is 0 Å². The molecule has 1 aromatic rings. The van der Waals surface area contributed by atoms with E-state index in [1.54, 1.807) is 0 Å². The van der Waals surface area contributed by atoms with Crippen LogP contribution in [0.3, 0.4) is 0 Å². The van der Waals surface area contributed by atoms with Crippen LogP contribution in [0.1, 0.15) is 31.9 Å². The fraction of sp³-hybridized carbons (Fsp3) is 0.538. The zero-order valence-electron chi connectivity index (χ0n) is 10.4. The van der Waals surface area contributed by atoms with Crippen molar-refractivity contribution in [2.24, 2.45) is 5.73 Å². The second-order valence-electron chi connectivity index (χ2n) is 4.23. The van der Waals surface area contributed by atoms with Crippen LogP contribution in [0.25, 0.3) is 0 Å². The molecule has 0 saturated carbocycles. The molecule has 0 radical (unpaired) electrons. The lowest BCUT2D eigenvalue weighted by molar-refractivity contribution is 0.615. The number of nitrogens with one attached hydrogen (secondary N) is 1. The summed E-state index contributed by atoms with van der Waals surface area (Å²) in [5, 5.41) is 3.75. The zero-order valence-corrected chi connectivity index (χ0v) is 11.2. The fourth-order valence-corrected chi connectivity index (χ4v) is 2.37. The molecule has 0 aromatic heterocycles. The van der Waals surface area contributed by atoms with Crippen LogP contribution < -0.4 is 11.1 Å². The molecule has 1 atom stereocenters. The minimum absolute atomic E-state index is 0.144. The molecule has 0 heterocycles. The first-order chi connectivity index (χ1) is 7.63. The normalized spacial score (nSPS) is 13.1. The lowest BCUT2D eigenvalue weighted by atomic mass is 10.1. The number of thioether (sulfide) groups is 1. The van der Waals surface area contributed by atoms with Gasteiger partial charge in [-0.25, -0.2) is 0 Å². The van der Waals surface area contributed by atoms with E-state index in [1.807, 2.05) is 18.8 Å². The van der Waals surface area contributed by atoms with E-state index in [2.05, 4.69) is 43.4 Å². The molecule has 2 nitrogen and oxygen atoms in total. The van der Waals surface area contributed by atoms with Gasteiger partial charge in [-0.1, -0.05) is 26.0 Å². The van der Waals surface area contributed by atoms with Crippen molar-refractivity contribution >= 4 is 11.8 Å². The molecule has 0 amide bonds. The van der Waals surface area contributed by atoms with Gasteiger partial charge in [-0.3, -0.25) is 0 Å². The molecular formula is C13H22N2S. The lowest BCUT2D eigenvalue weighted by Gasteiger charge is -2.12. The molecule has 0 spiro atoms. The maximum Gasteiger partial charge on any atom is 0.0307 e. The summed E-state index contributed by atoms with van der Waals surface area (Å²) in [5.41, 5.74) is 7.31. The van der Waals surface area contributed by atoms with Crippen molar-refractivity contribution in [3.05, 3.63) is 29.8 Å². The first-order valence-corrected chi connectivity index (χ1v) is 6.68. The first kappa shape index (κ1) is 13.6. The Morgan fingerprint density at radius 3 is 2.38 bits per heavy atom. The SMILES string of the molecule is CNCCC(N)c1ccc(SC(C)C)cc1. The third-order valence-corrected chi connectivity index (χ3v) is 3.40. The quantitative estimate of drug-likeness (QED) is 0.748. The van der Waals surface area contributed by atoms with Crippen LogP contribution in [0.5, 0.6) is 0 Å². The fourth-order valence-electron chi connectivity index (χ4n) is 1.53. The Morgan fingerprint density at radius 1 is 1.25 bits per heavy atom. The molecule has 1 unspecified atom stereocenters. The summed E-state index contributed by atoms with van der Waals surface area (Å²) >= 11 is 1.88. The van der Waals surface area contributed by atoms with E-state index in [1.165, 1.54) is 10.5 Å². The van der Waals surface area contributed by atoms with E-state index in [0.717, 1.165) is 13.0 Å². The van der Waals surface area contributed by atoms with Gasteiger partial charge in [-0.15, -0.1) is 11.8 Å². The first-order valence-electron chi connectivity index (χ1n) is 5.80. The van der Waals surface area contributed by atoms with Crippen molar-refractivity contribution in [1.29, 1.82) is 0 Å². The predicted molar refractivity (Wildman–Crippen MR) is 72.9 cm³/mol. The Labute approximate surface area is 103 Å². The van der Waals surface area contributed by atoms with Crippen molar-refractivity contribution < 1.29 is 0 Å². The van der Waals surface area contributed by atoms with Gasteiger partial charge in [0.2, 0.25) is 0 Å². The Morgan fingerprint density at radius 2 is 1.88 bits per heavy atom. The summed E-state index contributed by atoms with van der Waals surface area (Å²) in [4.78, 5) is 1.32. The third-order valence-electron chi connectivity index (χ3n) is 2.39. The van der Waals surface area contributed by atoms with Crippen molar-refractivity contribution in [3.63, 3.8) is 0 Å². The second kappa shape index (κ2) is 6.94. The van der Waals surface area contributed by atoms with Crippen LogP contribution in [-0.2, 0) is 0 Å². The Balaban J connectivity index is 2.56. The summed E-state index contributed by atoms with van der Waals surface area (Å²) in [6.45, 7) is 5.37. The molecule has 90 valence electrons. The highest BCUT2D eigenvalue weighted by molar-refractivity contribution is 7.99. The van der Waals surface area contributed by atoms with Crippen LogP contribution >= 0.6 is 11.8 Å². The minimum atomic E-state index is 0.144. The van der Waals surface area contributed by atoms with Crippen molar-refractivity contribution in [2.45, 2.75) is 36.5 Å². The van der Waals surface area contributed by atoms with Crippen molar-refractivity contribution in [1.82, 2.24) is 5.32 Å². The molecule has 3 N–H and O–H groups in total. The molecule has 0 saturated heterocycles. The van der Waals surface area contributed by atoms with Crippen LogP contribution in [-0.4, -0.2) is 18.8 Å². The Kier molecular flexibility index (Phi) is 5.88. The maximum absolute atomic E-state index is 6.09. The zero-order chi connectivity index (χ0) is 12.0. The van der Waals surface area contributed by atoms with Gasteiger partial charge in [-0.05, 0) is 37.7 Å².